The van der Waals surface area contributed by atoms with Crippen LogP contribution in [0.3, 0.4) is 0 Å². The molecular formula is C16H7BO6. The molecule has 0 fully saturated rings. The summed E-state index contributed by atoms with van der Waals surface area (Å²) < 4.78 is 9.09. The van der Waals surface area contributed by atoms with Crippen LogP contribution in [-0.2, 0) is 9.47 Å². The number of hydrogen-bond acceptors (Lipinski definition) is 6. The van der Waals surface area contributed by atoms with E-state index in [1.165, 1.54) is 0 Å². The number of benzene rings is 2. The van der Waals surface area contributed by atoms with E-state index in [-0.39, 0.29) is 22.3 Å². The van der Waals surface area contributed by atoms with Gasteiger partial charge in [0.25, 0.3) is 0 Å². The molecular weight excluding hydrogens is 299 g/mol. The third-order valence-electron chi connectivity index (χ3n) is 3.83. The van der Waals surface area contributed by atoms with Crippen LogP contribution in [0.4, 0.5) is 0 Å². The molecule has 2 aliphatic rings. The number of cyclic esters (lactones) is 4. The summed E-state index contributed by atoms with van der Waals surface area (Å²) in [6, 6.07) is 9.72. The summed E-state index contributed by atoms with van der Waals surface area (Å²) in [5, 5.41) is 0. The maximum Gasteiger partial charge on any atom is 0.346 e. The fourth-order valence-electron chi connectivity index (χ4n) is 2.72. The third kappa shape index (κ3) is 2.05. The third-order valence-corrected chi connectivity index (χ3v) is 3.83. The van der Waals surface area contributed by atoms with E-state index in [0.29, 0.717) is 7.28 Å². The Bertz CT molecular complexity index is 855. The van der Waals surface area contributed by atoms with Crippen molar-refractivity contribution in [3.63, 3.8) is 0 Å². The van der Waals surface area contributed by atoms with E-state index in [2.05, 4.69) is 9.47 Å². The highest BCUT2D eigenvalue weighted by Gasteiger charge is 2.31. The average molecular weight is 306 g/mol. The molecule has 4 rings (SSSR count). The lowest BCUT2D eigenvalue weighted by Crippen LogP contribution is -2.28. The largest absolute Gasteiger partial charge is 0.386 e. The fraction of sp³-hybridized carbons (Fsp3) is 0. The molecule has 110 valence electrons. The molecule has 0 spiro atoms. The Labute approximate surface area is 130 Å². The van der Waals surface area contributed by atoms with Gasteiger partial charge >= 0.3 is 23.9 Å². The van der Waals surface area contributed by atoms with Gasteiger partial charge in [0.1, 0.15) is 0 Å². The van der Waals surface area contributed by atoms with Crippen molar-refractivity contribution in [3.05, 3.63) is 58.7 Å². The van der Waals surface area contributed by atoms with E-state index in [9.17, 15) is 19.2 Å². The van der Waals surface area contributed by atoms with Crippen molar-refractivity contribution in [1.29, 1.82) is 0 Å². The van der Waals surface area contributed by atoms with Crippen LogP contribution in [0.15, 0.2) is 36.4 Å². The van der Waals surface area contributed by atoms with Crippen molar-refractivity contribution in [1.82, 2.24) is 0 Å². The van der Waals surface area contributed by atoms with Gasteiger partial charge in [0.2, 0.25) is 0 Å². The minimum atomic E-state index is -0.657. The second-order valence-corrected chi connectivity index (χ2v) is 5.29. The molecule has 0 aromatic heterocycles. The first-order valence-corrected chi connectivity index (χ1v) is 6.82. The van der Waals surface area contributed by atoms with Gasteiger partial charge in [0, 0.05) is 0 Å². The summed E-state index contributed by atoms with van der Waals surface area (Å²) in [6.45, 7) is 0. The minimum Gasteiger partial charge on any atom is -0.386 e. The highest BCUT2D eigenvalue weighted by molar-refractivity contribution is 6.67. The van der Waals surface area contributed by atoms with E-state index in [4.69, 9.17) is 0 Å². The Morgan fingerprint density at radius 3 is 1.39 bits per heavy atom. The normalized spacial score (nSPS) is 15.1. The van der Waals surface area contributed by atoms with Gasteiger partial charge in [0.15, 0.2) is 7.28 Å². The molecule has 2 aromatic carbocycles. The highest BCUT2D eigenvalue weighted by Crippen LogP contribution is 2.19. The van der Waals surface area contributed by atoms with E-state index in [1.807, 2.05) is 0 Å². The predicted molar refractivity (Wildman–Crippen MR) is 78.8 cm³/mol. The van der Waals surface area contributed by atoms with Crippen molar-refractivity contribution in [3.8, 4) is 0 Å². The van der Waals surface area contributed by atoms with E-state index in [1.54, 1.807) is 36.4 Å². The zero-order valence-corrected chi connectivity index (χ0v) is 11.6. The standard InChI is InChI=1S/C16H7BO6/c18-13-9-3-1-7(5-11(9)15(20)22-13)17-8-2-4-10-12(6-8)16(21)23-14(10)19/h1-6,17H. The van der Waals surface area contributed by atoms with Crippen molar-refractivity contribution < 1.29 is 28.7 Å². The molecule has 0 saturated heterocycles. The van der Waals surface area contributed by atoms with Gasteiger partial charge in [-0.25, -0.2) is 19.2 Å². The van der Waals surface area contributed by atoms with E-state index in [0.717, 1.165) is 10.9 Å². The summed E-state index contributed by atoms with van der Waals surface area (Å²) >= 11 is 0. The van der Waals surface area contributed by atoms with Crippen LogP contribution in [0, 0.1) is 0 Å². The summed E-state index contributed by atoms with van der Waals surface area (Å²) in [4.78, 5) is 46.0. The summed E-state index contributed by atoms with van der Waals surface area (Å²) in [7, 11) is 0.434. The molecule has 0 radical (unpaired) electrons. The van der Waals surface area contributed by atoms with Crippen LogP contribution in [0.25, 0.3) is 0 Å². The van der Waals surface area contributed by atoms with Crippen LogP contribution in [0.1, 0.15) is 41.4 Å². The van der Waals surface area contributed by atoms with E-state index >= 15 is 0 Å². The predicted octanol–water partition coefficient (Wildman–Crippen LogP) is -0.305. The lowest BCUT2D eigenvalue weighted by atomic mass is 9.63. The first-order valence-electron chi connectivity index (χ1n) is 6.82. The summed E-state index contributed by atoms with van der Waals surface area (Å²) in [5.41, 5.74) is 2.55. The van der Waals surface area contributed by atoms with Gasteiger partial charge in [-0.1, -0.05) is 35.2 Å². The quantitative estimate of drug-likeness (QED) is 0.430. The topological polar surface area (TPSA) is 86.7 Å². The van der Waals surface area contributed by atoms with Gasteiger partial charge < -0.3 is 9.47 Å². The Morgan fingerprint density at radius 1 is 0.565 bits per heavy atom. The molecule has 2 aliphatic heterocycles. The van der Waals surface area contributed by atoms with E-state index < -0.39 is 23.9 Å². The minimum absolute atomic E-state index is 0.239. The van der Waals surface area contributed by atoms with Crippen LogP contribution in [0.5, 0.6) is 0 Å². The molecule has 6 nitrogen and oxygen atoms in total. The number of esters is 4. The Morgan fingerprint density at radius 2 is 0.957 bits per heavy atom. The maximum atomic E-state index is 11.6. The number of carbonyl (C=O) groups is 4. The Kier molecular flexibility index (Phi) is 2.71. The highest BCUT2D eigenvalue weighted by atomic mass is 16.6. The smallest absolute Gasteiger partial charge is 0.346 e. The molecule has 2 aromatic rings. The van der Waals surface area contributed by atoms with Crippen LogP contribution in [-0.4, -0.2) is 31.2 Å². The van der Waals surface area contributed by atoms with Crippen LogP contribution < -0.4 is 10.9 Å². The number of ether oxygens (including phenoxy) is 2. The lowest BCUT2D eigenvalue weighted by molar-refractivity contribution is 0.0425. The monoisotopic (exact) mass is 306 g/mol. The molecule has 0 amide bonds. The fourth-order valence-corrected chi connectivity index (χ4v) is 2.72. The number of rotatable bonds is 2. The molecule has 0 N–H and O–H groups in total. The number of hydrogen-bond donors (Lipinski definition) is 0. The van der Waals surface area contributed by atoms with Crippen molar-refractivity contribution >= 4 is 42.1 Å². The molecule has 0 unspecified atom stereocenters. The molecule has 0 bridgehead atoms. The summed E-state index contributed by atoms with van der Waals surface area (Å²) in [5.74, 6) is -2.60. The van der Waals surface area contributed by atoms with Gasteiger partial charge in [-0.05, 0) is 12.1 Å². The molecule has 7 heteroatoms. The lowest BCUT2D eigenvalue weighted by Gasteiger charge is -2.03. The number of fused-ring (bicyclic) bond motifs is 2. The molecule has 2 heterocycles. The Hall–Kier alpha value is -3.22. The molecule has 0 saturated carbocycles. The second kappa shape index (κ2) is 4.64. The molecule has 0 aliphatic carbocycles. The zero-order valence-electron chi connectivity index (χ0n) is 11.6. The number of carbonyl (C=O) groups excluding carboxylic acids is 4. The van der Waals surface area contributed by atoms with Crippen molar-refractivity contribution in [2.45, 2.75) is 0 Å². The first kappa shape index (κ1) is 13.4. The SMILES string of the molecule is O=C1OC(=O)c2cc(Bc3ccc4c(c3)C(=O)OC4=O)ccc21. The van der Waals surface area contributed by atoms with Gasteiger partial charge in [0.05, 0.1) is 22.3 Å². The first-order chi connectivity index (χ1) is 11.0. The maximum absolute atomic E-state index is 11.6. The summed E-state index contributed by atoms with van der Waals surface area (Å²) in [6.07, 6.45) is 0. The second-order valence-electron chi connectivity index (χ2n) is 5.29. The van der Waals surface area contributed by atoms with Gasteiger partial charge in [-0.2, -0.15) is 0 Å². The molecule has 0 atom stereocenters. The van der Waals surface area contributed by atoms with Crippen molar-refractivity contribution in [2.75, 3.05) is 0 Å². The molecule has 23 heavy (non-hydrogen) atoms. The Balaban J connectivity index is 1.68. The zero-order chi connectivity index (χ0) is 16.1. The van der Waals surface area contributed by atoms with Crippen LogP contribution in [0.2, 0.25) is 0 Å². The van der Waals surface area contributed by atoms with Crippen LogP contribution >= 0.6 is 0 Å². The van der Waals surface area contributed by atoms with Crippen molar-refractivity contribution in [2.24, 2.45) is 0 Å². The van der Waals surface area contributed by atoms with Gasteiger partial charge in [-0.15, -0.1) is 0 Å². The average Bonchev–Trinajstić information content (AvgIpc) is 2.96. The van der Waals surface area contributed by atoms with Gasteiger partial charge in [-0.3, -0.25) is 0 Å².